The summed E-state index contributed by atoms with van der Waals surface area (Å²) in [5, 5.41) is 0. The number of hydrogen-bond donors (Lipinski definition) is 1. The minimum atomic E-state index is 0.103. The Balaban J connectivity index is 2.42. The molecule has 0 bridgehead atoms. The van der Waals surface area contributed by atoms with Gasteiger partial charge in [0.1, 0.15) is 0 Å². The van der Waals surface area contributed by atoms with Crippen LogP contribution in [-0.4, -0.2) is 56.5 Å². The van der Waals surface area contributed by atoms with E-state index in [9.17, 15) is 0 Å². The van der Waals surface area contributed by atoms with Crippen molar-refractivity contribution in [2.24, 2.45) is 11.7 Å². The maximum Gasteiger partial charge on any atom is 0.0855 e. The van der Waals surface area contributed by atoms with Gasteiger partial charge in [0.05, 0.1) is 12.7 Å². The van der Waals surface area contributed by atoms with E-state index in [2.05, 4.69) is 25.7 Å². The van der Waals surface area contributed by atoms with Crippen LogP contribution in [0.5, 0.6) is 0 Å². The zero-order chi connectivity index (χ0) is 12.8. The van der Waals surface area contributed by atoms with Crippen LogP contribution in [0.3, 0.4) is 0 Å². The summed E-state index contributed by atoms with van der Waals surface area (Å²) in [5.41, 5.74) is 6.29. The van der Waals surface area contributed by atoms with Gasteiger partial charge in [-0.05, 0) is 26.2 Å². The van der Waals surface area contributed by atoms with Crippen molar-refractivity contribution >= 4 is 0 Å². The first-order valence-electron chi connectivity index (χ1n) is 6.66. The van der Waals surface area contributed by atoms with E-state index in [4.69, 9.17) is 15.2 Å². The van der Waals surface area contributed by atoms with Gasteiger partial charge in [0, 0.05) is 38.9 Å². The lowest BCUT2D eigenvalue weighted by molar-refractivity contribution is -0.0583. The Hall–Kier alpha value is -0.160. The monoisotopic (exact) mass is 244 g/mol. The van der Waals surface area contributed by atoms with Gasteiger partial charge in [0.25, 0.3) is 0 Å². The highest BCUT2D eigenvalue weighted by molar-refractivity contribution is 4.84. The van der Waals surface area contributed by atoms with Gasteiger partial charge in [-0.1, -0.05) is 6.92 Å². The first-order chi connectivity index (χ1) is 8.06. The molecule has 1 aliphatic rings. The maximum absolute atomic E-state index is 6.29. The fourth-order valence-corrected chi connectivity index (χ4v) is 2.26. The normalized spacial score (nSPS) is 26.1. The smallest absolute Gasteiger partial charge is 0.0855 e. The summed E-state index contributed by atoms with van der Waals surface area (Å²) in [6, 6.07) is 0.676. The van der Waals surface area contributed by atoms with Crippen LogP contribution in [0.1, 0.15) is 27.2 Å². The van der Waals surface area contributed by atoms with E-state index in [0.717, 1.165) is 32.7 Å². The quantitative estimate of drug-likeness (QED) is 0.760. The lowest BCUT2D eigenvalue weighted by Gasteiger charge is -2.39. The zero-order valence-corrected chi connectivity index (χ0v) is 11.7. The average Bonchev–Trinajstić information content (AvgIpc) is 2.35. The van der Waals surface area contributed by atoms with Crippen LogP contribution in [0.2, 0.25) is 0 Å². The fourth-order valence-electron chi connectivity index (χ4n) is 2.26. The van der Waals surface area contributed by atoms with Crippen LogP contribution in [0.4, 0.5) is 0 Å². The van der Waals surface area contributed by atoms with Crippen LogP contribution in [-0.2, 0) is 9.47 Å². The summed E-state index contributed by atoms with van der Waals surface area (Å²) in [6.07, 6.45) is 1.16. The molecular weight excluding hydrogens is 216 g/mol. The Bertz CT molecular complexity index is 212. The lowest BCUT2D eigenvalue weighted by atomic mass is 9.93. The van der Waals surface area contributed by atoms with Gasteiger partial charge in [0.2, 0.25) is 0 Å². The molecule has 0 aromatic rings. The third-order valence-corrected chi connectivity index (χ3v) is 3.72. The van der Waals surface area contributed by atoms with Crippen LogP contribution in [0.25, 0.3) is 0 Å². The molecule has 17 heavy (non-hydrogen) atoms. The third-order valence-electron chi connectivity index (χ3n) is 3.72. The summed E-state index contributed by atoms with van der Waals surface area (Å²) >= 11 is 0. The fraction of sp³-hybridized carbons (Fsp3) is 1.00. The number of rotatable bonds is 6. The molecule has 4 heteroatoms. The zero-order valence-electron chi connectivity index (χ0n) is 11.7. The van der Waals surface area contributed by atoms with Gasteiger partial charge in [-0.3, -0.25) is 4.90 Å². The Morgan fingerprint density at radius 1 is 1.41 bits per heavy atom. The van der Waals surface area contributed by atoms with Gasteiger partial charge in [0.15, 0.2) is 0 Å². The lowest BCUT2D eigenvalue weighted by Crippen LogP contribution is -2.54. The minimum Gasteiger partial charge on any atom is -0.385 e. The van der Waals surface area contributed by atoms with Gasteiger partial charge in [-0.2, -0.15) is 0 Å². The minimum absolute atomic E-state index is 0.103. The van der Waals surface area contributed by atoms with E-state index in [-0.39, 0.29) is 12.1 Å². The molecule has 1 aliphatic heterocycles. The second-order valence-electron chi connectivity index (χ2n) is 5.33. The predicted molar refractivity (Wildman–Crippen MR) is 70.1 cm³/mol. The summed E-state index contributed by atoms with van der Waals surface area (Å²) in [6.45, 7) is 10.2. The standard InChI is InChI=1S/C13H28N2O2/c1-10(2)15-6-8-17-12(9-15)13(14)11(3)5-7-16-4/h10-13H,5-9,14H2,1-4H3. The molecular formula is C13H28N2O2. The van der Waals surface area contributed by atoms with Crippen LogP contribution in [0, 0.1) is 5.92 Å². The largest absolute Gasteiger partial charge is 0.385 e. The molecule has 0 aromatic carbocycles. The summed E-state index contributed by atoms with van der Waals surface area (Å²) in [4.78, 5) is 2.44. The van der Waals surface area contributed by atoms with Crippen molar-refractivity contribution in [3.8, 4) is 0 Å². The maximum atomic E-state index is 6.29. The van der Waals surface area contributed by atoms with Crippen molar-refractivity contribution in [3.63, 3.8) is 0 Å². The Morgan fingerprint density at radius 3 is 2.71 bits per heavy atom. The average molecular weight is 244 g/mol. The van der Waals surface area contributed by atoms with E-state index in [1.807, 2.05) is 0 Å². The molecule has 1 rings (SSSR count). The second-order valence-corrected chi connectivity index (χ2v) is 5.33. The molecule has 3 atom stereocenters. The van der Waals surface area contributed by atoms with Crippen LogP contribution in [0.15, 0.2) is 0 Å². The van der Waals surface area contributed by atoms with Crippen molar-refractivity contribution in [1.29, 1.82) is 0 Å². The summed E-state index contributed by atoms with van der Waals surface area (Å²) in [7, 11) is 1.73. The van der Waals surface area contributed by atoms with Gasteiger partial charge in [-0.15, -0.1) is 0 Å². The summed E-state index contributed by atoms with van der Waals surface area (Å²) in [5.74, 6) is 0.437. The first kappa shape index (κ1) is 14.9. The van der Waals surface area contributed by atoms with Gasteiger partial charge >= 0.3 is 0 Å². The van der Waals surface area contributed by atoms with E-state index in [0.29, 0.717) is 12.0 Å². The molecule has 0 spiro atoms. The first-order valence-corrected chi connectivity index (χ1v) is 6.66. The molecule has 0 aliphatic carbocycles. The number of nitrogens with zero attached hydrogens (tertiary/aromatic N) is 1. The molecule has 2 N–H and O–H groups in total. The Kier molecular flexibility index (Phi) is 6.41. The molecule has 1 saturated heterocycles. The highest BCUT2D eigenvalue weighted by Gasteiger charge is 2.29. The van der Waals surface area contributed by atoms with Crippen molar-refractivity contribution in [2.45, 2.75) is 45.4 Å². The predicted octanol–water partition coefficient (Wildman–Crippen LogP) is 1.10. The Morgan fingerprint density at radius 2 is 2.12 bits per heavy atom. The number of hydrogen-bond acceptors (Lipinski definition) is 4. The SMILES string of the molecule is COCCC(C)C(N)C1CN(C(C)C)CCO1. The molecule has 1 fully saturated rings. The number of morpholine rings is 1. The topological polar surface area (TPSA) is 47.7 Å². The number of methoxy groups -OCH3 is 1. The van der Waals surface area contributed by atoms with Crippen molar-refractivity contribution in [3.05, 3.63) is 0 Å². The third kappa shape index (κ3) is 4.54. The molecule has 4 nitrogen and oxygen atoms in total. The molecule has 0 aromatic heterocycles. The Labute approximate surface area is 105 Å². The molecule has 102 valence electrons. The van der Waals surface area contributed by atoms with Crippen molar-refractivity contribution < 1.29 is 9.47 Å². The van der Waals surface area contributed by atoms with E-state index >= 15 is 0 Å². The number of ether oxygens (including phenoxy) is 2. The highest BCUT2D eigenvalue weighted by atomic mass is 16.5. The molecule has 3 unspecified atom stereocenters. The van der Waals surface area contributed by atoms with Crippen molar-refractivity contribution in [2.75, 3.05) is 33.4 Å². The number of nitrogens with two attached hydrogens (primary N) is 1. The molecule has 0 amide bonds. The van der Waals surface area contributed by atoms with Crippen LogP contribution >= 0.6 is 0 Å². The van der Waals surface area contributed by atoms with Crippen LogP contribution < -0.4 is 5.73 Å². The van der Waals surface area contributed by atoms with Gasteiger partial charge < -0.3 is 15.2 Å². The van der Waals surface area contributed by atoms with Crippen molar-refractivity contribution in [1.82, 2.24) is 4.90 Å². The van der Waals surface area contributed by atoms with E-state index < -0.39 is 0 Å². The molecule has 0 saturated carbocycles. The molecule has 0 radical (unpaired) electrons. The second kappa shape index (κ2) is 7.31. The van der Waals surface area contributed by atoms with Gasteiger partial charge in [-0.25, -0.2) is 0 Å². The van der Waals surface area contributed by atoms with E-state index in [1.54, 1.807) is 7.11 Å². The summed E-state index contributed by atoms with van der Waals surface area (Å²) < 4.78 is 10.9. The van der Waals surface area contributed by atoms with E-state index in [1.165, 1.54) is 0 Å². The highest BCUT2D eigenvalue weighted by Crippen LogP contribution is 2.17. The molecule has 1 heterocycles.